The molecule has 2 aromatic carbocycles. The fourth-order valence-electron chi connectivity index (χ4n) is 3.62. The Balaban J connectivity index is 1.78. The van der Waals surface area contributed by atoms with Gasteiger partial charge in [0.15, 0.2) is 0 Å². The second-order valence-electron chi connectivity index (χ2n) is 6.57. The highest BCUT2D eigenvalue weighted by Gasteiger charge is 2.30. The molecule has 5 heteroatoms. The van der Waals surface area contributed by atoms with Crippen LogP contribution in [-0.4, -0.2) is 43.0 Å². The Morgan fingerprint density at radius 3 is 2.58 bits per heavy atom. The molecule has 1 unspecified atom stereocenters. The summed E-state index contributed by atoms with van der Waals surface area (Å²) in [5.41, 5.74) is 2.67. The molecule has 0 bridgehead atoms. The summed E-state index contributed by atoms with van der Waals surface area (Å²) in [7, 11) is 2.20. The third-order valence-corrected chi connectivity index (χ3v) is 6.87. The van der Waals surface area contributed by atoms with Gasteiger partial charge in [-0.05, 0) is 42.8 Å². The molecule has 0 saturated carbocycles. The van der Waals surface area contributed by atoms with E-state index in [0.29, 0.717) is 6.04 Å². The molecule has 1 atom stereocenters. The fourth-order valence-corrected chi connectivity index (χ4v) is 5.39. The van der Waals surface area contributed by atoms with E-state index in [9.17, 15) is 0 Å². The Labute approximate surface area is 157 Å². The molecule has 0 aromatic heterocycles. The van der Waals surface area contributed by atoms with Crippen LogP contribution in [0.1, 0.15) is 17.2 Å². The lowest BCUT2D eigenvalue weighted by Crippen LogP contribution is -2.46. The van der Waals surface area contributed by atoms with E-state index in [4.69, 9.17) is 23.2 Å². The van der Waals surface area contributed by atoms with Crippen molar-refractivity contribution in [1.29, 1.82) is 0 Å². The molecular weight excluding hydrogens is 359 g/mol. The molecule has 0 aliphatic carbocycles. The van der Waals surface area contributed by atoms with Gasteiger partial charge in [0.25, 0.3) is 0 Å². The minimum atomic E-state index is 0.387. The average molecular weight is 379 g/mol. The molecule has 2 aliphatic rings. The van der Waals surface area contributed by atoms with Crippen LogP contribution in [0.3, 0.4) is 0 Å². The van der Waals surface area contributed by atoms with Crippen LogP contribution in [-0.2, 0) is 6.42 Å². The summed E-state index contributed by atoms with van der Waals surface area (Å²) >= 11 is 14.6. The van der Waals surface area contributed by atoms with Crippen LogP contribution >= 0.6 is 35.0 Å². The van der Waals surface area contributed by atoms with Crippen LogP contribution < -0.4 is 0 Å². The Hall–Kier alpha value is -0.710. The molecule has 2 heterocycles. The summed E-state index contributed by atoms with van der Waals surface area (Å²) in [4.78, 5) is 7.48. The van der Waals surface area contributed by atoms with E-state index >= 15 is 0 Å². The fraction of sp³-hybridized carbons (Fsp3) is 0.368. The van der Waals surface area contributed by atoms with E-state index in [0.717, 1.165) is 47.5 Å². The maximum Gasteiger partial charge on any atom is 0.0563 e. The molecule has 0 amide bonds. The lowest BCUT2D eigenvalue weighted by atomic mass is 9.96. The number of piperazine rings is 1. The zero-order valence-corrected chi connectivity index (χ0v) is 16.0. The summed E-state index contributed by atoms with van der Waals surface area (Å²) in [5, 5.41) is 1.48. The molecule has 24 heavy (non-hydrogen) atoms. The summed E-state index contributed by atoms with van der Waals surface area (Å²) < 4.78 is 0. The smallest absolute Gasteiger partial charge is 0.0563 e. The molecule has 1 saturated heterocycles. The van der Waals surface area contributed by atoms with Gasteiger partial charge in [0.2, 0.25) is 0 Å². The summed E-state index contributed by atoms with van der Waals surface area (Å²) in [6.45, 7) is 4.44. The van der Waals surface area contributed by atoms with E-state index in [1.54, 1.807) is 11.8 Å². The number of hydrogen-bond donors (Lipinski definition) is 0. The first-order valence-electron chi connectivity index (χ1n) is 8.29. The van der Waals surface area contributed by atoms with Crippen LogP contribution in [0.15, 0.2) is 46.2 Å². The lowest BCUT2D eigenvalue weighted by Gasteiger charge is -2.38. The quantitative estimate of drug-likeness (QED) is 0.689. The van der Waals surface area contributed by atoms with Gasteiger partial charge >= 0.3 is 0 Å². The SMILES string of the molecule is CN1CCN(C2Cc3cc(Cl)cc(Cl)c3Sc3ccccc32)CC1. The highest BCUT2D eigenvalue weighted by Crippen LogP contribution is 2.46. The Morgan fingerprint density at radius 2 is 1.79 bits per heavy atom. The number of nitrogens with zero attached hydrogens (tertiary/aromatic N) is 2. The van der Waals surface area contributed by atoms with Gasteiger partial charge in [0, 0.05) is 47.0 Å². The second kappa shape index (κ2) is 6.89. The van der Waals surface area contributed by atoms with Gasteiger partial charge in [-0.3, -0.25) is 4.90 Å². The van der Waals surface area contributed by atoms with Crippen molar-refractivity contribution in [3.05, 3.63) is 57.6 Å². The number of benzene rings is 2. The van der Waals surface area contributed by atoms with Gasteiger partial charge in [-0.15, -0.1) is 0 Å². The van der Waals surface area contributed by atoms with E-state index in [1.807, 2.05) is 6.07 Å². The lowest BCUT2D eigenvalue weighted by molar-refractivity contribution is 0.110. The molecule has 2 aliphatic heterocycles. The second-order valence-corrected chi connectivity index (χ2v) is 8.47. The minimum Gasteiger partial charge on any atom is -0.304 e. The van der Waals surface area contributed by atoms with E-state index in [-0.39, 0.29) is 0 Å². The zero-order valence-electron chi connectivity index (χ0n) is 13.6. The van der Waals surface area contributed by atoms with Crippen molar-refractivity contribution >= 4 is 35.0 Å². The number of fused-ring (bicyclic) bond motifs is 2. The number of rotatable bonds is 1. The van der Waals surface area contributed by atoms with Gasteiger partial charge in [-0.1, -0.05) is 53.2 Å². The van der Waals surface area contributed by atoms with Crippen LogP contribution in [0, 0.1) is 0 Å². The van der Waals surface area contributed by atoms with E-state index < -0.39 is 0 Å². The first-order valence-corrected chi connectivity index (χ1v) is 9.86. The van der Waals surface area contributed by atoms with Crippen LogP contribution in [0.25, 0.3) is 0 Å². The molecule has 126 valence electrons. The highest BCUT2D eigenvalue weighted by molar-refractivity contribution is 7.99. The van der Waals surface area contributed by atoms with Crippen molar-refractivity contribution in [2.45, 2.75) is 22.3 Å². The van der Waals surface area contributed by atoms with Crippen molar-refractivity contribution in [2.75, 3.05) is 33.2 Å². The molecule has 0 N–H and O–H groups in total. The van der Waals surface area contributed by atoms with Crippen molar-refractivity contribution < 1.29 is 0 Å². The maximum atomic E-state index is 6.51. The van der Waals surface area contributed by atoms with Gasteiger partial charge in [0.05, 0.1) is 5.02 Å². The third kappa shape index (κ3) is 3.21. The van der Waals surface area contributed by atoms with E-state index in [2.05, 4.69) is 47.2 Å². The molecule has 1 fully saturated rings. The van der Waals surface area contributed by atoms with Crippen molar-refractivity contribution in [1.82, 2.24) is 9.80 Å². The van der Waals surface area contributed by atoms with Crippen LogP contribution in [0.5, 0.6) is 0 Å². The normalized spacial score (nSPS) is 21.9. The number of likely N-dealkylation sites (N-methyl/N-ethyl adjacent to an activating group) is 1. The molecule has 2 nitrogen and oxygen atoms in total. The molecule has 4 rings (SSSR count). The topological polar surface area (TPSA) is 6.48 Å². The van der Waals surface area contributed by atoms with Gasteiger partial charge in [-0.25, -0.2) is 0 Å². The van der Waals surface area contributed by atoms with Crippen LogP contribution in [0.4, 0.5) is 0 Å². The number of hydrogen-bond acceptors (Lipinski definition) is 3. The molecule has 0 spiro atoms. The van der Waals surface area contributed by atoms with Crippen molar-refractivity contribution in [3.8, 4) is 0 Å². The Morgan fingerprint density at radius 1 is 1.04 bits per heavy atom. The Kier molecular flexibility index (Phi) is 4.81. The van der Waals surface area contributed by atoms with Crippen molar-refractivity contribution in [2.24, 2.45) is 0 Å². The predicted molar refractivity (Wildman–Crippen MR) is 103 cm³/mol. The average Bonchev–Trinajstić information content (AvgIpc) is 2.73. The molecule has 0 radical (unpaired) electrons. The molecular formula is C19H20Cl2N2S. The number of halogens is 2. The summed E-state index contributed by atoms with van der Waals surface area (Å²) in [5.74, 6) is 0. The Bertz CT molecular complexity index is 757. The van der Waals surface area contributed by atoms with Crippen molar-refractivity contribution in [3.63, 3.8) is 0 Å². The monoisotopic (exact) mass is 378 g/mol. The first kappa shape index (κ1) is 16.7. The predicted octanol–water partition coefficient (Wildman–Crippen LogP) is 4.99. The van der Waals surface area contributed by atoms with Gasteiger partial charge in [-0.2, -0.15) is 0 Å². The first-order chi connectivity index (χ1) is 11.6. The summed E-state index contributed by atoms with van der Waals surface area (Å²) in [6.07, 6.45) is 0.962. The zero-order chi connectivity index (χ0) is 16.7. The van der Waals surface area contributed by atoms with Crippen LogP contribution in [0.2, 0.25) is 10.0 Å². The van der Waals surface area contributed by atoms with E-state index in [1.165, 1.54) is 16.0 Å². The summed E-state index contributed by atoms with van der Waals surface area (Å²) in [6, 6.07) is 13.1. The standard InChI is InChI=1S/C19H20Cl2N2S/c1-22-6-8-23(9-7-22)17-11-13-10-14(20)12-16(21)19(13)24-18-5-3-2-4-15(17)18/h2-5,10,12,17H,6-9,11H2,1H3. The maximum absolute atomic E-state index is 6.51. The highest BCUT2D eigenvalue weighted by atomic mass is 35.5. The van der Waals surface area contributed by atoms with Gasteiger partial charge in [0.1, 0.15) is 0 Å². The molecule has 2 aromatic rings. The minimum absolute atomic E-state index is 0.387. The third-order valence-electron chi connectivity index (χ3n) is 4.97. The van der Waals surface area contributed by atoms with Gasteiger partial charge < -0.3 is 4.90 Å². The largest absolute Gasteiger partial charge is 0.304 e.